The van der Waals surface area contributed by atoms with E-state index < -0.39 is 20.0 Å². The predicted octanol–water partition coefficient (Wildman–Crippen LogP) is -1.11. The Morgan fingerprint density at radius 1 is 1.00 bits per heavy atom. The van der Waals surface area contributed by atoms with Gasteiger partial charge >= 0.3 is 0 Å². The summed E-state index contributed by atoms with van der Waals surface area (Å²) in [5.41, 5.74) is 0. The summed E-state index contributed by atoms with van der Waals surface area (Å²) in [7, 11) is -6.52. The Hall–Kier alpha value is -0.220. The average molecular weight is 313 g/mol. The third kappa shape index (κ3) is 5.35. The summed E-state index contributed by atoms with van der Waals surface area (Å²) >= 11 is 0. The van der Waals surface area contributed by atoms with Gasteiger partial charge in [-0.3, -0.25) is 0 Å². The van der Waals surface area contributed by atoms with Crippen LogP contribution in [-0.2, 0) is 20.0 Å². The van der Waals surface area contributed by atoms with E-state index in [9.17, 15) is 16.8 Å². The topological polar surface area (TPSA) is 86.8 Å². The van der Waals surface area contributed by atoms with Gasteiger partial charge < -0.3 is 5.32 Å². The first kappa shape index (κ1) is 16.8. The van der Waals surface area contributed by atoms with E-state index in [1.54, 1.807) is 0 Å². The summed E-state index contributed by atoms with van der Waals surface area (Å²) in [4.78, 5) is 0. The lowest BCUT2D eigenvalue weighted by Crippen LogP contribution is -2.51. The van der Waals surface area contributed by atoms with Gasteiger partial charge in [-0.25, -0.2) is 16.8 Å². The Morgan fingerprint density at radius 2 is 1.47 bits per heavy atom. The van der Waals surface area contributed by atoms with Gasteiger partial charge in [0.2, 0.25) is 20.0 Å². The Bertz CT molecular complexity index is 479. The van der Waals surface area contributed by atoms with Crippen LogP contribution in [0.2, 0.25) is 0 Å². The number of nitrogens with one attached hydrogen (secondary N) is 1. The highest BCUT2D eigenvalue weighted by Gasteiger charge is 2.29. The Kier molecular flexibility index (Phi) is 5.75. The molecule has 1 aliphatic heterocycles. The van der Waals surface area contributed by atoms with Crippen molar-refractivity contribution in [2.75, 3.05) is 44.7 Å². The molecule has 0 amide bonds. The van der Waals surface area contributed by atoms with Crippen LogP contribution in [0.3, 0.4) is 0 Å². The zero-order valence-electron chi connectivity index (χ0n) is 11.7. The zero-order valence-corrected chi connectivity index (χ0v) is 13.3. The Morgan fingerprint density at radius 3 is 1.89 bits per heavy atom. The van der Waals surface area contributed by atoms with Gasteiger partial charge in [0.15, 0.2) is 0 Å². The van der Waals surface area contributed by atoms with E-state index in [1.807, 2.05) is 13.8 Å². The lowest BCUT2D eigenvalue weighted by atomic mass is 10.4. The standard InChI is InChI=1S/C10H23N3O4S2/c1-10(2)11-4-9-19(16,17)13-7-5-12(6-8-13)18(3,14)15/h10-11H,4-9H2,1-3H3. The van der Waals surface area contributed by atoms with Gasteiger partial charge in [0.1, 0.15) is 0 Å². The van der Waals surface area contributed by atoms with E-state index in [-0.39, 0.29) is 38.0 Å². The third-order valence-corrected chi connectivity index (χ3v) is 6.15. The Balaban J connectivity index is 2.50. The van der Waals surface area contributed by atoms with Crippen molar-refractivity contribution in [1.82, 2.24) is 13.9 Å². The molecule has 9 heteroatoms. The van der Waals surface area contributed by atoms with Crippen LogP contribution in [0.5, 0.6) is 0 Å². The van der Waals surface area contributed by atoms with Gasteiger partial charge in [0.25, 0.3) is 0 Å². The first-order valence-electron chi connectivity index (χ1n) is 6.29. The summed E-state index contributed by atoms with van der Waals surface area (Å²) in [5, 5.41) is 3.06. The third-order valence-electron chi connectivity index (χ3n) is 2.97. The van der Waals surface area contributed by atoms with Crippen molar-refractivity contribution in [1.29, 1.82) is 0 Å². The minimum atomic E-state index is -3.30. The van der Waals surface area contributed by atoms with Crippen LogP contribution < -0.4 is 5.32 Å². The molecule has 0 aromatic heterocycles. The molecule has 1 fully saturated rings. The summed E-state index contributed by atoms with van der Waals surface area (Å²) in [6.45, 7) is 5.25. The van der Waals surface area contributed by atoms with Crippen molar-refractivity contribution in [3.8, 4) is 0 Å². The molecule has 1 rings (SSSR count). The number of nitrogens with zero attached hydrogens (tertiary/aromatic N) is 2. The lowest BCUT2D eigenvalue weighted by molar-refractivity contribution is 0.274. The van der Waals surface area contributed by atoms with Crippen LogP contribution in [0, 0.1) is 0 Å². The highest BCUT2D eigenvalue weighted by Crippen LogP contribution is 2.10. The van der Waals surface area contributed by atoms with Crippen LogP contribution in [-0.4, -0.2) is 76.2 Å². The van der Waals surface area contributed by atoms with E-state index in [1.165, 1.54) is 8.61 Å². The molecule has 0 aromatic carbocycles. The Labute approximate surface area is 116 Å². The molecule has 1 aliphatic rings. The van der Waals surface area contributed by atoms with Crippen molar-refractivity contribution < 1.29 is 16.8 Å². The molecule has 1 N–H and O–H groups in total. The van der Waals surface area contributed by atoms with Crippen LogP contribution in [0.1, 0.15) is 13.8 Å². The minimum absolute atomic E-state index is 0.0457. The molecule has 114 valence electrons. The molecule has 0 radical (unpaired) electrons. The molecule has 0 aliphatic carbocycles. The van der Waals surface area contributed by atoms with Gasteiger partial charge in [0, 0.05) is 38.8 Å². The average Bonchev–Trinajstić information content (AvgIpc) is 2.27. The largest absolute Gasteiger partial charge is 0.313 e. The monoisotopic (exact) mass is 313 g/mol. The molecule has 0 saturated carbocycles. The fourth-order valence-corrected chi connectivity index (χ4v) is 4.07. The van der Waals surface area contributed by atoms with Crippen molar-refractivity contribution >= 4 is 20.0 Å². The maximum absolute atomic E-state index is 12.0. The highest BCUT2D eigenvalue weighted by atomic mass is 32.2. The molecule has 0 bridgehead atoms. The second kappa shape index (κ2) is 6.49. The smallest absolute Gasteiger partial charge is 0.215 e. The zero-order chi connectivity index (χ0) is 14.7. The van der Waals surface area contributed by atoms with Crippen molar-refractivity contribution in [2.45, 2.75) is 19.9 Å². The fourth-order valence-electron chi connectivity index (χ4n) is 1.89. The number of hydrogen-bond donors (Lipinski definition) is 1. The molecular weight excluding hydrogens is 290 g/mol. The van der Waals surface area contributed by atoms with E-state index in [4.69, 9.17) is 0 Å². The number of hydrogen-bond acceptors (Lipinski definition) is 5. The van der Waals surface area contributed by atoms with E-state index >= 15 is 0 Å². The maximum Gasteiger partial charge on any atom is 0.215 e. The molecular formula is C10H23N3O4S2. The molecule has 0 aromatic rings. The molecule has 0 unspecified atom stereocenters. The molecule has 19 heavy (non-hydrogen) atoms. The summed E-state index contributed by atoms with van der Waals surface area (Å²) in [6.07, 6.45) is 1.14. The van der Waals surface area contributed by atoms with Gasteiger partial charge in [-0.1, -0.05) is 13.8 Å². The molecule has 0 spiro atoms. The van der Waals surface area contributed by atoms with Crippen LogP contribution in [0.25, 0.3) is 0 Å². The van der Waals surface area contributed by atoms with Crippen molar-refractivity contribution in [2.24, 2.45) is 0 Å². The summed E-state index contributed by atoms with van der Waals surface area (Å²) in [5.74, 6) is 0.0457. The normalized spacial score (nSPS) is 20.0. The van der Waals surface area contributed by atoms with E-state index in [0.29, 0.717) is 6.54 Å². The number of piperazine rings is 1. The maximum atomic E-state index is 12.0. The number of rotatable bonds is 6. The van der Waals surface area contributed by atoms with Gasteiger partial charge in [-0.05, 0) is 0 Å². The van der Waals surface area contributed by atoms with Gasteiger partial charge in [-0.2, -0.15) is 8.61 Å². The summed E-state index contributed by atoms with van der Waals surface area (Å²) < 4.78 is 49.4. The quantitative estimate of drug-likeness (QED) is 0.672. The van der Waals surface area contributed by atoms with Crippen molar-refractivity contribution in [3.63, 3.8) is 0 Å². The van der Waals surface area contributed by atoms with Crippen molar-refractivity contribution in [3.05, 3.63) is 0 Å². The van der Waals surface area contributed by atoms with Crippen LogP contribution >= 0.6 is 0 Å². The molecule has 0 atom stereocenters. The van der Waals surface area contributed by atoms with Crippen LogP contribution in [0.4, 0.5) is 0 Å². The first-order valence-corrected chi connectivity index (χ1v) is 9.75. The van der Waals surface area contributed by atoms with E-state index in [2.05, 4.69) is 5.32 Å². The van der Waals surface area contributed by atoms with Crippen LogP contribution in [0.15, 0.2) is 0 Å². The first-order chi connectivity index (χ1) is 8.63. The fraction of sp³-hybridized carbons (Fsp3) is 1.00. The second-order valence-corrected chi connectivity index (χ2v) is 9.06. The minimum Gasteiger partial charge on any atom is -0.313 e. The summed E-state index contributed by atoms with van der Waals surface area (Å²) in [6, 6.07) is 0.247. The highest BCUT2D eigenvalue weighted by molar-refractivity contribution is 7.89. The SMILES string of the molecule is CC(C)NCCS(=O)(=O)N1CCN(S(C)(=O)=O)CC1. The predicted molar refractivity (Wildman–Crippen MR) is 74.9 cm³/mol. The number of sulfonamides is 2. The van der Waals surface area contributed by atoms with Gasteiger partial charge in [0.05, 0.1) is 12.0 Å². The molecule has 7 nitrogen and oxygen atoms in total. The lowest BCUT2D eigenvalue weighted by Gasteiger charge is -2.32. The van der Waals surface area contributed by atoms with Gasteiger partial charge in [-0.15, -0.1) is 0 Å². The molecule has 1 heterocycles. The molecule has 1 saturated heterocycles. The second-order valence-electron chi connectivity index (χ2n) is 4.99. The van der Waals surface area contributed by atoms with E-state index in [0.717, 1.165) is 6.26 Å².